The minimum absolute atomic E-state index is 0.590. The van der Waals surface area contributed by atoms with E-state index in [-0.39, 0.29) is 0 Å². The summed E-state index contributed by atoms with van der Waals surface area (Å²) in [5.74, 6) is 1.83. The van der Waals surface area contributed by atoms with E-state index < -0.39 is 0 Å². The van der Waals surface area contributed by atoms with Gasteiger partial charge in [0.2, 0.25) is 0 Å². The van der Waals surface area contributed by atoms with Gasteiger partial charge in [-0.05, 0) is 78.8 Å². The molecule has 0 spiro atoms. The molecule has 2 aromatic heterocycles. The Morgan fingerprint density at radius 3 is 1.36 bits per heavy atom. The quantitative estimate of drug-likeness (QED) is 0.168. The first-order valence-corrected chi connectivity index (χ1v) is 18.5. The van der Waals surface area contributed by atoms with Gasteiger partial charge in [-0.25, -0.2) is 15.0 Å². The second kappa shape index (κ2) is 12.6. The summed E-state index contributed by atoms with van der Waals surface area (Å²) in [7, 11) is 0. The zero-order valence-corrected chi connectivity index (χ0v) is 29.6. The van der Waals surface area contributed by atoms with Crippen molar-refractivity contribution in [3.63, 3.8) is 0 Å². The average Bonchev–Trinajstić information content (AvgIpc) is 3.65. The Bertz CT molecular complexity index is 3170. The molecule has 0 saturated heterocycles. The number of furan rings is 1. The molecule has 0 fully saturated rings. The fourth-order valence-corrected chi connectivity index (χ4v) is 8.18. The van der Waals surface area contributed by atoms with Gasteiger partial charge >= 0.3 is 0 Å². The minimum atomic E-state index is 0.590. The monoisotopic (exact) mass is 701 g/mol. The maximum absolute atomic E-state index is 6.63. The third-order valence-corrected chi connectivity index (χ3v) is 10.7. The molecule has 0 saturated carbocycles. The molecule has 2 heterocycles. The normalized spacial score (nSPS) is 11.6. The van der Waals surface area contributed by atoms with Crippen molar-refractivity contribution in [3.8, 4) is 56.4 Å². The molecule has 0 unspecified atom stereocenters. The van der Waals surface area contributed by atoms with Crippen molar-refractivity contribution in [2.24, 2.45) is 0 Å². The molecule has 0 radical (unpaired) electrons. The summed E-state index contributed by atoms with van der Waals surface area (Å²) in [6.45, 7) is 0. The van der Waals surface area contributed by atoms with Crippen LogP contribution in [0.25, 0.3) is 111 Å². The van der Waals surface area contributed by atoms with E-state index >= 15 is 0 Å². The zero-order chi connectivity index (χ0) is 36.3. The number of fused-ring (bicyclic) bond motifs is 9. The molecule has 0 aliphatic heterocycles. The van der Waals surface area contributed by atoms with Crippen LogP contribution in [0.5, 0.6) is 0 Å². The summed E-state index contributed by atoms with van der Waals surface area (Å²) in [6.07, 6.45) is 0. The van der Waals surface area contributed by atoms with Gasteiger partial charge in [-0.1, -0.05) is 164 Å². The topological polar surface area (TPSA) is 51.8 Å². The lowest BCUT2D eigenvalue weighted by Gasteiger charge is -2.15. The highest BCUT2D eigenvalue weighted by Crippen LogP contribution is 2.43. The van der Waals surface area contributed by atoms with Crippen LogP contribution in [0.2, 0.25) is 0 Å². The number of aromatic nitrogens is 3. The second-order valence-corrected chi connectivity index (χ2v) is 13.9. The number of rotatable bonds is 5. The van der Waals surface area contributed by atoms with E-state index in [2.05, 4.69) is 115 Å². The number of benzene rings is 9. The smallest absolute Gasteiger partial charge is 0.164 e. The van der Waals surface area contributed by atoms with Crippen molar-refractivity contribution < 1.29 is 4.42 Å². The first kappa shape index (κ1) is 31.1. The lowest BCUT2D eigenvalue weighted by Crippen LogP contribution is -2.00. The molecule has 0 aliphatic rings. The first-order chi connectivity index (χ1) is 27.3. The standard InChI is InChI=1S/C51H31N3O/c1-3-15-32(16-4-1)49-52-50(33-17-5-2-6-18-33)54-51(53-49)45-30-35(31-47-48(45)43-25-13-14-26-46(43)55-47)37-20-8-7-19-36(37)34-27-28-42-40-23-10-9-21-38(40)39-22-11-12-24-41(39)44(42)29-34/h1-31H. The summed E-state index contributed by atoms with van der Waals surface area (Å²) in [4.78, 5) is 15.3. The van der Waals surface area contributed by atoms with Crippen molar-refractivity contribution in [1.29, 1.82) is 0 Å². The Hall–Kier alpha value is -7.43. The summed E-state index contributed by atoms with van der Waals surface area (Å²) >= 11 is 0. The lowest BCUT2D eigenvalue weighted by atomic mass is 9.89. The van der Waals surface area contributed by atoms with Gasteiger partial charge in [-0.2, -0.15) is 0 Å². The summed E-state index contributed by atoms with van der Waals surface area (Å²) in [6, 6.07) is 65.8. The Morgan fingerprint density at radius 2 is 0.745 bits per heavy atom. The fourth-order valence-electron chi connectivity index (χ4n) is 8.18. The predicted octanol–water partition coefficient (Wildman–Crippen LogP) is 13.6. The van der Waals surface area contributed by atoms with Gasteiger partial charge in [-0.15, -0.1) is 0 Å². The third kappa shape index (κ3) is 5.19. The van der Waals surface area contributed by atoms with Gasteiger partial charge in [0.1, 0.15) is 11.2 Å². The van der Waals surface area contributed by atoms with Crippen molar-refractivity contribution in [2.45, 2.75) is 0 Å². The summed E-state index contributed by atoms with van der Waals surface area (Å²) in [5, 5.41) is 9.53. The Morgan fingerprint density at radius 1 is 0.273 bits per heavy atom. The van der Waals surface area contributed by atoms with E-state index in [0.29, 0.717) is 17.5 Å². The SMILES string of the molecule is c1ccc(-c2nc(-c3ccccc3)nc(-c3cc(-c4ccccc4-c4ccc5c6ccccc6c6ccccc6c5c4)cc4oc5ccccc5c34)n2)cc1. The van der Waals surface area contributed by atoms with Crippen LogP contribution in [0.1, 0.15) is 0 Å². The zero-order valence-electron chi connectivity index (χ0n) is 29.6. The summed E-state index contributed by atoms with van der Waals surface area (Å²) in [5.41, 5.74) is 8.73. The molecule has 11 rings (SSSR count). The minimum Gasteiger partial charge on any atom is -0.456 e. The number of hydrogen-bond acceptors (Lipinski definition) is 4. The van der Waals surface area contributed by atoms with Gasteiger partial charge < -0.3 is 4.42 Å². The van der Waals surface area contributed by atoms with Crippen molar-refractivity contribution in [2.75, 3.05) is 0 Å². The van der Waals surface area contributed by atoms with Gasteiger partial charge in [0.15, 0.2) is 17.5 Å². The van der Waals surface area contributed by atoms with E-state index in [1.807, 2.05) is 72.8 Å². The molecule has 0 bridgehead atoms. The van der Waals surface area contributed by atoms with Crippen LogP contribution in [0.4, 0.5) is 0 Å². The highest BCUT2D eigenvalue weighted by atomic mass is 16.3. The molecule has 11 aromatic rings. The van der Waals surface area contributed by atoms with Crippen LogP contribution in [0, 0.1) is 0 Å². The number of hydrogen-bond donors (Lipinski definition) is 0. The average molecular weight is 702 g/mol. The van der Waals surface area contributed by atoms with Gasteiger partial charge in [0.25, 0.3) is 0 Å². The fraction of sp³-hybridized carbons (Fsp3) is 0. The van der Waals surface area contributed by atoms with Crippen LogP contribution in [-0.4, -0.2) is 15.0 Å². The molecule has 0 aliphatic carbocycles. The highest BCUT2D eigenvalue weighted by molar-refractivity contribution is 6.26. The van der Waals surface area contributed by atoms with Crippen LogP contribution < -0.4 is 0 Å². The molecule has 256 valence electrons. The Labute approximate surface area is 317 Å². The predicted molar refractivity (Wildman–Crippen MR) is 227 cm³/mol. The number of para-hydroxylation sites is 1. The van der Waals surface area contributed by atoms with Crippen molar-refractivity contribution in [3.05, 3.63) is 188 Å². The van der Waals surface area contributed by atoms with Crippen LogP contribution >= 0.6 is 0 Å². The van der Waals surface area contributed by atoms with Crippen LogP contribution in [0.15, 0.2) is 192 Å². The molecule has 0 atom stereocenters. The molecule has 55 heavy (non-hydrogen) atoms. The summed E-state index contributed by atoms with van der Waals surface area (Å²) < 4.78 is 6.63. The van der Waals surface area contributed by atoms with E-state index in [9.17, 15) is 0 Å². The van der Waals surface area contributed by atoms with Crippen LogP contribution in [0.3, 0.4) is 0 Å². The molecule has 4 nitrogen and oxygen atoms in total. The maximum atomic E-state index is 6.63. The van der Waals surface area contributed by atoms with E-state index in [1.165, 1.54) is 32.3 Å². The van der Waals surface area contributed by atoms with Crippen LogP contribution in [-0.2, 0) is 0 Å². The largest absolute Gasteiger partial charge is 0.456 e. The van der Waals surface area contributed by atoms with E-state index in [0.717, 1.165) is 60.9 Å². The first-order valence-electron chi connectivity index (χ1n) is 18.5. The van der Waals surface area contributed by atoms with Gasteiger partial charge in [0.05, 0.1) is 0 Å². The Kier molecular flexibility index (Phi) is 7.14. The molecular formula is C51H31N3O. The van der Waals surface area contributed by atoms with Gasteiger partial charge in [0, 0.05) is 27.5 Å². The Balaban J connectivity index is 1.16. The van der Waals surface area contributed by atoms with Crippen molar-refractivity contribution >= 4 is 54.3 Å². The maximum Gasteiger partial charge on any atom is 0.164 e. The number of nitrogens with zero attached hydrogens (tertiary/aromatic N) is 3. The molecular weight excluding hydrogens is 671 g/mol. The molecule has 0 amide bonds. The molecule has 9 aromatic carbocycles. The lowest BCUT2D eigenvalue weighted by molar-refractivity contribution is 0.669. The molecule has 4 heteroatoms. The second-order valence-electron chi connectivity index (χ2n) is 13.9. The third-order valence-electron chi connectivity index (χ3n) is 10.7. The van der Waals surface area contributed by atoms with Gasteiger partial charge in [-0.3, -0.25) is 0 Å². The molecule has 0 N–H and O–H groups in total. The van der Waals surface area contributed by atoms with E-state index in [1.54, 1.807) is 0 Å². The van der Waals surface area contributed by atoms with Crippen molar-refractivity contribution in [1.82, 2.24) is 15.0 Å². The highest BCUT2D eigenvalue weighted by Gasteiger charge is 2.21. The van der Waals surface area contributed by atoms with E-state index in [4.69, 9.17) is 19.4 Å².